The molecule has 0 radical (unpaired) electrons. The van der Waals surface area contributed by atoms with Gasteiger partial charge in [0.1, 0.15) is 0 Å². The fourth-order valence-electron chi connectivity index (χ4n) is 2.80. The van der Waals surface area contributed by atoms with Gasteiger partial charge in [0, 0.05) is 6.04 Å². The summed E-state index contributed by atoms with van der Waals surface area (Å²) in [6, 6.07) is 0.521. The molecule has 2 aliphatic carbocycles. The zero-order valence-electron chi connectivity index (χ0n) is 8.67. The first kappa shape index (κ1) is 9.51. The highest BCUT2D eigenvalue weighted by atomic mass is 14.6. The maximum absolute atomic E-state index is 6.09. The lowest BCUT2D eigenvalue weighted by atomic mass is 10.0. The standard InChI is InChI=1S/C12H23N/c13-12-7-5-3-1-2-4-6-10-8-11(10)9-12/h10-12H,1-9,13H2. The van der Waals surface area contributed by atoms with E-state index in [1.54, 1.807) is 0 Å². The molecule has 0 aliphatic heterocycles. The molecule has 2 fully saturated rings. The SMILES string of the molecule is NC1CCCCCCCC2CC2C1. The van der Waals surface area contributed by atoms with Gasteiger partial charge in [-0.2, -0.15) is 0 Å². The highest BCUT2D eigenvalue weighted by Crippen LogP contribution is 2.45. The predicted octanol–water partition coefficient (Wildman–Crippen LogP) is 3.08. The van der Waals surface area contributed by atoms with Crippen molar-refractivity contribution in [1.29, 1.82) is 0 Å². The second-order valence-corrected chi connectivity index (χ2v) is 5.10. The fourth-order valence-corrected chi connectivity index (χ4v) is 2.80. The van der Waals surface area contributed by atoms with Crippen LogP contribution in [0, 0.1) is 11.8 Å². The van der Waals surface area contributed by atoms with Gasteiger partial charge in [0.15, 0.2) is 0 Å². The minimum atomic E-state index is 0.521. The van der Waals surface area contributed by atoms with E-state index in [0.29, 0.717) is 6.04 Å². The van der Waals surface area contributed by atoms with E-state index in [4.69, 9.17) is 5.73 Å². The van der Waals surface area contributed by atoms with Gasteiger partial charge in [-0.05, 0) is 31.1 Å². The Morgan fingerprint density at radius 1 is 0.692 bits per heavy atom. The number of hydrogen-bond acceptors (Lipinski definition) is 1. The molecule has 0 aromatic carbocycles. The summed E-state index contributed by atoms with van der Waals surface area (Å²) in [5, 5.41) is 0. The van der Waals surface area contributed by atoms with Crippen molar-refractivity contribution in [2.24, 2.45) is 17.6 Å². The maximum atomic E-state index is 6.09. The van der Waals surface area contributed by atoms with E-state index < -0.39 is 0 Å². The summed E-state index contributed by atoms with van der Waals surface area (Å²) in [5.74, 6) is 2.09. The summed E-state index contributed by atoms with van der Waals surface area (Å²) in [5.41, 5.74) is 6.09. The van der Waals surface area contributed by atoms with Crippen LogP contribution in [0.4, 0.5) is 0 Å². The molecule has 2 rings (SSSR count). The molecule has 2 N–H and O–H groups in total. The molecular weight excluding hydrogens is 158 g/mol. The molecule has 0 heterocycles. The summed E-state index contributed by atoms with van der Waals surface area (Å²) in [4.78, 5) is 0. The van der Waals surface area contributed by atoms with E-state index in [-0.39, 0.29) is 0 Å². The number of nitrogens with two attached hydrogens (primary N) is 1. The molecule has 13 heavy (non-hydrogen) atoms. The van der Waals surface area contributed by atoms with Gasteiger partial charge >= 0.3 is 0 Å². The molecule has 0 saturated heterocycles. The van der Waals surface area contributed by atoms with Gasteiger partial charge in [-0.25, -0.2) is 0 Å². The minimum absolute atomic E-state index is 0.521. The van der Waals surface area contributed by atoms with Crippen molar-refractivity contribution in [2.75, 3.05) is 0 Å². The molecular formula is C12H23N. The van der Waals surface area contributed by atoms with Crippen molar-refractivity contribution in [3.63, 3.8) is 0 Å². The van der Waals surface area contributed by atoms with Crippen molar-refractivity contribution >= 4 is 0 Å². The van der Waals surface area contributed by atoms with Crippen LogP contribution in [-0.4, -0.2) is 6.04 Å². The third-order valence-electron chi connectivity index (χ3n) is 3.82. The third kappa shape index (κ3) is 2.98. The number of hydrogen-bond donors (Lipinski definition) is 1. The Kier molecular flexibility index (Phi) is 3.26. The quantitative estimate of drug-likeness (QED) is 0.610. The average molecular weight is 181 g/mol. The first-order chi connectivity index (χ1) is 6.36. The monoisotopic (exact) mass is 181 g/mol. The molecule has 76 valence electrons. The number of fused-ring (bicyclic) bond motifs is 1. The molecule has 0 aromatic rings. The Bertz CT molecular complexity index is 155. The third-order valence-corrected chi connectivity index (χ3v) is 3.82. The van der Waals surface area contributed by atoms with Crippen LogP contribution in [0.3, 0.4) is 0 Å². The van der Waals surface area contributed by atoms with Crippen LogP contribution in [0.25, 0.3) is 0 Å². The lowest BCUT2D eigenvalue weighted by Gasteiger charge is -2.09. The van der Waals surface area contributed by atoms with Crippen LogP contribution < -0.4 is 5.73 Å². The second kappa shape index (κ2) is 4.45. The molecule has 0 bridgehead atoms. The summed E-state index contributed by atoms with van der Waals surface area (Å²) in [6.07, 6.45) is 12.8. The molecule has 1 nitrogen and oxygen atoms in total. The minimum Gasteiger partial charge on any atom is -0.328 e. The molecule has 0 aromatic heterocycles. The maximum Gasteiger partial charge on any atom is 0.00415 e. The molecule has 2 aliphatic rings. The Labute approximate surface area is 82.1 Å². The van der Waals surface area contributed by atoms with Crippen LogP contribution in [0.15, 0.2) is 0 Å². The Morgan fingerprint density at radius 2 is 1.38 bits per heavy atom. The Balaban J connectivity index is 1.76. The lowest BCUT2D eigenvalue weighted by molar-refractivity contribution is 0.491. The fraction of sp³-hybridized carbons (Fsp3) is 1.00. The summed E-state index contributed by atoms with van der Waals surface area (Å²) < 4.78 is 0. The molecule has 1 heteroatoms. The van der Waals surface area contributed by atoms with Gasteiger partial charge in [0.2, 0.25) is 0 Å². The Morgan fingerprint density at radius 3 is 2.23 bits per heavy atom. The molecule has 0 amide bonds. The lowest BCUT2D eigenvalue weighted by Crippen LogP contribution is -2.20. The highest BCUT2D eigenvalue weighted by molar-refractivity contribution is 4.88. The van der Waals surface area contributed by atoms with E-state index >= 15 is 0 Å². The smallest absolute Gasteiger partial charge is 0.00415 e. The first-order valence-electron chi connectivity index (χ1n) is 6.12. The highest BCUT2D eigenvalue weighted by Gasteiger charge is 2.36. The van der Waals surface area contributed by atoms with E-state index in [1.807, 2.05) is 0 Å². The first-order valence-corrected chi connectivity index (χ1v) is 6.12. The van der Waals surface area contributed by atoms with Crippen molar-refractivity contribution in [3.8, 4) is 0 Å². The normalized spacial score (nSPS) is 41.8. The molecule has 3 unspecified atom stereocenters. The van der Waals surface area contributed by atoms with Crippen LogP contribution in [0.1, 0.15) is 57.8 Å². The second-order valence-electron chi connectivity index (χ2n) is 5.10. The van der Waals surface area contributed by atoms with Crippen molar-refractivity contribution < 1.29 is 0 Å². The predicted molar refractivity (Wildman–Crippen MR) is 56.5 cm³/mol. The zero-order valence-corrected chi connectivity index (χ0v) is 8.67. The van der Waals surface area contributed by atoms with E-state index in [2.05, 4.69) is 0 Å². The van der Waals surface area contributed by atoms with Gasteiger partial charge in [0.05, 0.1) is 0 Å². The number of rotatable bonds is 0. The summed E-state index contributed by atoms with van der Waals surface area (Å²) >= 11 is 0. The topological polar surface area (TPSA) is 26.0 Å². The van der Waals surface area contributed by atoms with Gasteiger partial charge in [-0.3, -0.25) is 0 Å². The van der Waals surface area contributed by atoms with Gasteiger partial charge in [-0.15, -0.1) is 0 Å². The molecule has 3 atom stereocenters. The average Bonchev–Trinajstić information content (AvgIpc) is 2.80. The zero-order chi connectivity index (χ0) is 9.10. The van der Waals surface area contributed by atoms with E-state index in [1.165, 1.54) is 57.8 Å². The van der Waals surface area contributed by atoms with Crippen molar-refractivity contribution in [1.82, 2.24) is 0 Å². The van der Waals surface area contributed by atoms with Crippen molar-refractivity contribution in [3.05, 3.63) is 0 Å². The van der Waals surface area contributed by atoms with Gasteiger partial charge in [0.25, 0.3) is 0 Å². The van der Waals surface area contributed by atoms with Crippen molar-refractivity contribution in [2.45, 2.75) is 63.8 Å². The summed E-state index contributed by atoms with van der Waals surface area (Å²) in [7, 11) is 0. The largest absolute Gasteiger partial charge is 0.328 e. The van der Waals surface area contributed by atoms with Crippen LogP contribution in [-0.2, 0) is 0 Å². The van der Waals surface area contributed by atoms with Crippen LogP contribution >= 0.6 is 0 Å². The van der Waals surface area contributed by atoms with Gasteiger partial charge < -0.3 is 5.73 Å². The Hall–Kier alpha value is -0.0400. The molecule has 0 spiro atoms. The summed E-state index contributed by atoms with van der Waals surface area (Å²) in [6.45, 7) is 0. The van der Waals surface area contributed by atoms with Crippen LogP contribution in [0.5, 0.6) is 0 Å². The van der Waals surface area contributed by atoms with E-state index in [0.717, 1.165) is 11.8 Å². The van der Waals surface area contributed by atoms with E-state index in [9.17, 15) is 0 Å². The van der Waals surface area contributed by atoms with Gasteiger partial charge in [-0.1, -0.05) is 38.5 Å². The van der Waals surface area contributed by atoms with Crippen LogP contribution in [0.2, 0.25) is 0 Å². The molecule has 2 saturated carbocycles.